The number of rotatable bonds is 3. The van der Waals surface area contributed by atoms with Crippen LogP contribution in [-0.4, -0.2) is 36.2 Å². The van der Waals surface area contributed by atoms with Crippen molar-refractivity contribution in [2.45, 2.75) is 12.1 Å². The van der Waals surface area contributed by atoms with Gasteiger partial charge in [0.05, 0.1) is 12.1 Å². The summed E-state index contributed by atoms with van der Waals surface area (Å²) in [7, 11) is 4.23. The van der Waals surface area contributed by atoms with E-state index in [1.807, 2.05) is 0 Å². The second-order valence-corrected chi connectivity index (χ2v) is 3.67. The Morgan fingerprint density at radius 3 is 1.21 bits per heavy atom. The minimum atomic E-state index is 0.405. The van der Waals surface area contributed by atoms with Crippen LogP contribution in [0.2, 0.25) is 0 Å². The van der Waals surface area contributed by atoms with E-state index in [0.717, 1.165) is 0 Å². The molecule has 0 aliphatic heterocycles. The highest BCUT2D eigenvalue weighted by atomic mass is 15.6. The van der Waals surface area contributed by atoms with Crippen LogP contribution in [0.1, 0.15) is 0 Å². The molecule has 2 aliphatic rings. The molecule has 2 rings (SSSR count). The van der Waals surface area contributed by atoms with Crippen molar-refractivity contribution in [1.29, 1.82) is 0 Å². The van der Waals surface area contributed by atoms with E-state index in [-0.39, 0.29) is 0 Å². The molecule has 0 radical (unpaired) electrons. The zero-order valence-corrected chi connectivity index (χ0v) is 8.67. The summed E-state index contributed by atoms with van der Waals surface area (Å²) >= 11 is 0. The smallest absolute Gasteiger partial charge is 0.0609 e. The molecule has 74 valence electrons. The second-order valence-electron chi connectivity index (χ2n) is 3.67. The molecule has 0 aromatic carbocycles. The first-order chi connectivity index (χ1) is 6.79. The van der Waals surface area contributed by atoms with Crippen LogP contribution in [0.3, 0.4) is 0 Å². The first-order valence-corrected chi connectivity index (χ1v) is 4.94. The fourth-order valence-electron chi connectivity index (χ4n) is 1.76. The van der Waals surface area contributed by atoms with E-state index >= 15 is 0 Å². The van der Waals surface area contributed by atoms with Gasteiger partial charge >= 0.3 is 0 Å². The average Bonchev–Trinajstić information content (AvgIpc) is 2.87. The lowest BCUT2D eigenvalue weighted by atomic mass is 10.3. The van der Waals surface area contributed by atoms with Crippen molar-refractivity contribution in [3.05, 3.63) is 48.6 Å². The fourth-order valence-corrected chi connectivity index (χ4v) is 1.76. The predicted molar refractivity (Wildman–Crippen MR) is 59.7 cm³/mol. The highest BCUT2D eigenvalue weighted by Gasteiger charge is 2.19. The number of hydrogen-bond acceptors (Lipinski definition) is 2. The topological polar surface area (TPSA) is 6.48 Å². The first-order valence-electron chi connectivity index (χ1n) is 4.94. The molecule has 0 saturated heterocycles. The Kier molecular flexibility index (Phi) is 2.66. The third-order valence-electron chi connectivity index (χ3n) is 2.82. The summed E-state index contributed by atoms with van der Waals surface area (Å²) in [6.07, 6.45) is 17.1. The molecule has 0 fully saturated rings. The van der Waals surface area contributed by atoms with E-state index in [4.69, 9.17) is 0 Å². The van der Waals surface area contributed by atoms with Crippen molar-refractivity contribution in [3.63, 3.8) is 0 Å². The first kappa shape index (κ1) is 9.44. The Morgan fingerprint density at radius 1 is 0.643 bits per heavy atom. The van der Waals surface area contributed by atoms with Crippen molar-refractivity contribution in [1.82, 2.24) is 10.0 Å². The molecule has 0 spiro atoms. The molecule has 2 nitrogen and oxygen atoms in total. The summed E-state index contributed by atoms with van der Waals surface area (Å²) in [5.74, 6) is 0. The lowest BCUT2D eigenvalue weighted by Crippen LogP contribution is -2.45. The maximum Gasteiger partial charge on any atom is 0.0609 e. The second kappa shape index (κ2) is 3.95. The molecular formula is C12H16N2. The van der Waals surface area contributed by atoms with Crippen molar-refractivity contribution < 1.29 is 0 Å². The number of nitrogens with zero attached hydrogens (tertiary/aromatic N) is 2. The molecule has 0 unspecified atom stereocenters. The van der Waals surface area contributed by atoms with Crippen LogP contribution in [0, 0.1) is 0 Å². The van der Waals surface area contributed by atoms with Gasteiger partial charge in [0, 0.05) is 14.1 Å². The molecule has 0 saturated carbocycles. The van der Waals surface area contributed by atoms with Crippen LogP contribution in [-0.2, 0) is 0 Å². The number of hydrogen-bond donors (Lipinski definition) is 0. The van der Waals surface area contributed by atoms with E-state index in [9.17, 15) is 0 Å². The van der Waals surface area contributed by atoms with Gasteiger partial charge in [-0.2, -0.15) is 0 Å². The van der Waals surface area contributed by atoms with E-state index in [2.05, 4.69) is 72.7 Å². The Bertz CT molecular complexity index is 256. The van der Waals surface area contributed by atoms with Gasteiger partial charge in [-0.25, -0.2) is 10.0 Å². The van der Waals surface area contributed by atoms with E-state index in [1.165, 1.54) is 0 Å². The predicted octanol–water partition coefficient (Wildman–Crippen LogP) is 1.75. The Labute approximate surface area is 85.5 Å². The van der Waals surface area contributed by atoms with Gasteiger partial charge in [-0.3, -0.25) is 0 Å². The van der Waals surface area contributed by atoms with Crippen LogP contribution in [0.15, 0.2) is 48.6 Å². The van der Waals surface area contributed by atoms with Gasteiger partial charge in [0.25, 0.3) is 0 Å². The highest BCUT2D eigenvalue weighted by Crippen LogP contribution is 2.14. The van der Waals surface area contributed by atoms with Crippen LogP contribution in [0.25, 0.3) is 0 Å². The number of allylic oxidation sites excluding steroid dienone is 4. The lowest BCUT2D eigenvalue weighted by Gasteiger charge is -2.34. The van der Waals surface area contributed by atoms with Crippen LogP contribution < -0.4 is 0 Å². The average molecular weight is 188 g/mol. The van der Waals surface area contributed by atoms with Crippen molar-refractivity contribution in [2.75, 3.05) is 14.1 Å². The third-order valence-corrected chi connectivity index (χ3v) is 2.82. The largest absolute Gasteiger partial charge is 0.234 e. The third kappa shape index (κ3) is 1.72. The van der Waals surface area contributed by atoms with Crippen molar-refractivity contribution in [3.8, 4) is 0 Å². The minimum Gasteiger partial charge on any atom is -0.234 e. The molecule has 0 aromatic heterocycles. The summed E-state index contributed by atoms with van der Waals surface area (Å²) in [5, 5.41) is 4.48. The molecule has 2 aliphatic carbocycles. The zero-order valence-electron chi connectivity index (χ0n) is 8.67. The Balaban J connectivity index is 2.00. The summed E-state index contributed by atoms with van der Waals surface area (Å²) in [6, 6.07) is 0.810. The standard InChI is InChI=1S/C12H16N2/c1-13(11-7-3-4-8-11)14(2)12-9-5-6-10-12/h3-12H,1-2H3. The van der Waals surface area contributed by atoms with Gasteiger partial charge < -0.3 is 0 Å². The van der Waals surface area contributed by atoms with Gasteiger partial charge in [-0.05, 0) is 0 Å². The van der Waals surface area contributed by atoms with Crippen molar-refractivity contribution in [2.24, 2.45) is 0 Å². The van der Waals surface area contributed by atoms with E-state index < -0.39 is 0 Å². The summed E-state index contributed by atoms with van der Waals surface area (Å²) < 4.78 is 0. The number of hydrazine groups is 1. The molecule has 0 heterocycles. The van der Waals surface area contributed by atoms with Gasteiger partial charge in [-0.15, -0.1) is 0 Å². The van der Waals surface area contributed by atoms with Crippen LogP contribution in [0.4, 0.5) is 0 Å². The highest BCUT2D eigenvalue weighted by molar-refractivity contribution is 5.23. The molecule has 0 amide bonds. The SMILES string of the molecule is CN(C1C=CC=C1)N(C)C1C=CC=C1. The Hall–Kier alpha value is -1.12. The minimum absolute atomic E-state index is 0.405. The summed E-state index contributed by atoms with van der Waals surface area (Å²) in [6.45, 7) is 0. The molecular weight excluding hydrogens is 172 g/mol. The molecule has 0 atom stereocenters. The van der Waals surface area contributed by atoms with E-state index in [1.54, 1.807) is 0 Å². The van der Waals surface area contributed by atoms with Gasteiger partial charge in [0.1, 0.15) is 0 Å². The van der Waals surface area contributed by atoms with Gasteiger partial charge in [0.15, 0.2) is 0 Å². The monoisotopic (exact) mass is 188 g/mol. The molecule has 0 bridgehead atoms. The lowest BCUT2D eigenvalue weighted by molar-refractivity contribution is 0.00770. The van der Waals surface area contributed by atoms with E-state index in [0.29, 0.717) is 12.1 Å². The zero-order chi connectivity index (χ0) is 9.97. The maximum absolute atomic E-state index is 2.24. The molecule has 0 aromatic rings. The van der Waals surface area contributed by atoms with Crippen molar-refractivity contribution >= 4 is 0 Å². The van der Waals surface area contributed by atoms with Crippen LogP contribution in [0.5, 0.6) is 0 Å². The van der Waals surface area contributed by atoms with Gasteiger partial charge in [0.2, 0.25) is 0 Å². The fraction of sp³-hybridized carbons (Fsp3) is 0.333. The van der Waals surface area contributed by atoms with Crippen LogP contribution >= 0.6 is 0 Å². The number of likely N-dealkylation sites (N-methyl/N-ethyl adjacent to an activating group) is 2. The Morgan fingerprint density at radius 2 is 0.929 bits per heavy atom. The maximum atomic E-state index is 2.24. The summed E-state index contributed by atoms with van der Waals surface area (Å²) in [4.78, 5) is 0. The molecule has 2 heteroatoms. The summed E-state index contributed by atoms with van der Waals surface area (Å²) in [5.41, 5.74) is 0. The molecule has 14 heavy (non-hydrogen) atoms. The quantitative estimate of drug-likeness (QED) is 0.623. The van der Waals surface area contributed by atoms with Gasteiger partial charge in [-0.1, -0.05) is 48.6 Å². The normalized spacial score (nSPS) is 21.1. The molecule has 0 N–H and O–H groups in total.